The molecule has 1 saturated heterocycles. The van der Waals surface area contributed by atoms with E-state index in [2.05, 4.69) is 21.8 Å². The number of alkyl halides is 3. The molecule has 1 aliphatic heterocycles. The second kappa shape index (κ2) is 11.2. The minimum Gasteiger partial charge on any atom is -0.390 e. The fourth-order valence-corrected chi connectivity index (χ4v) is 2.02. The molecule has 2 atom stereocenters. The van der Waals surface area contributed by atoms with Gasteiger partial charge in [0.25, 0.3) is 0 Å². The first kappa shape index (κ1) is 22.6. The summed E-state index contributed by atoms with van der Waals surface area (Å²) >= 11 is 0. The highest BCUT2D eigenvalue weighted by atomic mass is 19.4. The number of hydrogen-bond acceptors (Lipinski definition) is 6. The third-order valence-electron chi connectivity index (χ3n) is 3.11. The molecule has 2 heterocycles. The van der Waals surface area contributed by atoms with Crippen LogP contribution in [0.2, 0.25) is 0 Å². The van der Waals surface area contributed by atoms with E-state index in [1.54, 1.807) is 0 Å². The lowest BCUT2D eigenvalue weighted by Gasteiger charge is -2.32. The van der Waals surface area contributed by atoms with Crippen LogP contribution in [0.15, 0.2) is 12.4 Å². The van der Waals surface area contributed by atoms with Gasteiger partial charge in [-0.3, -0.25) is 4.98 Å². The number of piperidine rings is 1. The molecule has 1 aliphatic rings. The van der Waals surface area contributed by atoms with Gasteiger partial charge in [0, 0.05) is 13.1 Å². The molecule has 2 unspecified atom stereocenters. The van der Waals surface area contributed by atoms with Gasteiger partial charge >= 0.3 is 6.18 Å². The molecule has 6 nitrogen and oxygen atoms in total. The average molecular weight is 352 g/mol. The van der Waals surface area contributed by atoms with Crippen molar-refractivity contribution < 1.29 is 23.4 Å². The highest BCUT2D eigenvalue weighted by molar-refractivity contribution is 5.24. The van der Waals surface area contributed by atoms with Gasteiger partial charge in [0.15, 0.2) is 5.69 Å². The summed E-state index contributed by atoms with van der Waals surface area (Å²) in [6.45, 7) is 8.71. The Bertz CT molecular complexity index is 461. The molecule has 1 fully saturated rings. The summed E-state index contributed by atoms with van der Waals surface area (Å²) < 4.78 is 35.4. The third kappa shape index (κ3) is 8.42. The Morgan fingerprint density at radius 1 is 1.25 bits per heavy atom. The van der Waals surface area contributed by atoms with Gasteiger partial charge in [-0.15, -0.1) is 0 Å². The number of aromatic nitrogens is 2. The number of rotatable bonds is 2. The highest BCUT2D eigenvalue weighted by Crippen LogP contribution is 2.26. The SMILES string of the molecule is CC.CCCN1CCC(O)C(O)C1.Nc1cncc(C(F)(F)F)n1. The molecule has 24 heavy (non-hydrogen) atoms. The zero-order chi connectivity index (χ0) is 18.8. The van der Waals surface area contributed by atoms with Gasteiger partial charge in [0.05, 0.1) is 24.6 Å². The molecule has 0 bridgehead atoms. The molecule has 1 aromatic rings. The number of likely N-dealkylation sites (tertiary alicyclic amines) is 1. The summed E-state index contributed by atoms with van der Waals surface area (Å²) in [6.07, 6.45) is -2.00. The third-order valence-corrected chi connectivity index (χ3v) is 3.11. The van der Waals surface area contributed by atoms with Gasteiger partial charge in [-0.05, 0) is 19.4 Å². The fourth-order valence-electron chi connectivity index (χ4n) is 2.02. The van der Waals surface area contributed by atoms with E-state index in [4.69, 9.17) is 5.73 Å². The summed E-state index contributed by atoms with van der Waals surface area (Å²) in [4.78, 5) is 8.47. The predicted molar refractivity (Wildman–Crippen MR) is 86.2 cm³/mol. The standard InChI is InChI=1S/C8H17NO2.C5H4F3N3.C2H6/c1-2-4-9-5-3-7(10)8(11)6-9;6-5(7,8)3-1-10-2-4(9)11-3;1-2/h7-8,10-11H,2-6H2,1H3;1-2H,(H2,9,11);1-2H3. The average Bonchev–Trinajstić information content (AvgIpc) is 2.53. The molecule has 0 aliphatic carbocycles. The maximum atomic E-state index is 11.8. The van der Waals surface area contributed by atoms with Crippen molar-refractivity contribution in [1.29, 1.82) is 0 Å². The van der Waals surface area contributed by atoms with E-state index in [0.29, 0.717) is 19.2 Å². The zero-order valence-electron chi connectivity index (χ0n) is 14.3. The molecule has 2 rings (SSSR count). The van der Waals surface area contributed by atoms with Gasteiger partial charge < -0.3 is 20.8 Å². The van der Waals surface area contributed by atoms with Crippen LogP contribution in [0.25, 0.3) is 0 Å². The van der Waals surface area contributed by atoms with Crippen molar-refractivity contribution in [2.45, 2.75) is 52.0 Å². The fraction of sp³-hybridized carbons (Fsp3) is 0.733. The molecule has 9 heteroatoms. The van der Waals surface area contributed by atoms with Gasteiger partial charge in [0.2, 0.25) is 0 Å². The Balaban J connectivity index is 0.000000400. The summed E-state index contributed by atoms with van der Waals surface area (Å²) in [5.74, 6) is -0.236. The second-order valence-corrected chi connectivity index (χ2v) is 5.05. The van der Waals surface area contributed by atoms with Crippen LogP contribution in [0.3, 0.4) is 0 Å². The summed E-state index contributed by atoms with van der Waals surface area (Å²) in [5, 5.41) is 18.5. The van der Waals surface area contributed by atoms with Crippen LogP contribution in [0.5, 0.6) is 0 Å². The number of β-amino-alcohol motifs (C(OH)–C–C–N with tert-alkyl or cyclic N) is 1. The zero-order valence-corrected chi connectivity index (χ0v) is 14.3. The van der Waals surface area contributed by atoms with Gasteiger partial charge in [-0.2, -0.15) is 13.2 Å². The molecule has 4 N–H and O–H groups in total. The van der Waals surface area contributed by atoms with Crippen LogP contribution in [0.1, 0.15) is 39.3 Å². The number of anilines is 1. The molecule has 0 amide bonds. The molecule has 0 radical (unpaired) electrons. The highest BCUT2D eigenvalue weighted by Gasteiger charge is 2.32. The van der Waals surface area contributed by atoms with Crippen molar-refractivity contribution in [3.63, 3.8) is 0 Å². The van der Waals surface area contributed by atoms with Crippen LogP contribution in [0, 0.1) is 0 Å². The topological polar surface area (TPSA) is 95.5 Å². The maximum Gasteiger partial charge on any atom is 0.434 e. The molecule has 0 saturated carbocycles. The summed E-state index contributed by atoms with van der Waals surface area (Å²) in [6, 6.07) is 0. The van der Waals surface area contributed by atoms with Crippen LogP contribution in [-0.4, -0.2) is 56.9 Å². The van der Waals surface area contributed by atoms with Crippen molar-refractivity contribution in [2.75, 3.05) is 25.4 Å². The van der Waals surface area contributed by atoms with Crippen molar-refractivity contribution in [3.8, 4) is 0 Å². The Kier molecular flexibility index (Phi) is 10.5. The first-order valence-corrected chi connectivity index (χ1v) is 7.97. The van der Waals surface area contributed by atoms with E-state index in [1.165, 1.54) is 0 Å². The van der Waals surface area contributed by atoms with E-state index < -0.39 is 24.1 Å². The van der Waals surface area contributed by atoms with Crippen molar-refractivity contribution in [1.82, 2.24) is 14.9 Å². The first-order valence-electron chi connectivity index (χ1n) is 7.97. The Morgan fingerprint density at radius 3 is 2.29 bits per heavy atom. The number of nitrogen functional groups attached to an aromatic ring is 1. The van der Waals surface area contributed by atoms with Crippen LogP contribution in [0.4, 0.5) is 19.0 Å². The minimum absolute atomic E-state index is 0.236. The van der Waals surface area contributed by atoms with E-state index in [1.807, 2.05) is 13.8 Å². The maximum absolute atomic E-state index is 11.8. The van der Waals surface area contributed by atoms with Crippen molar-refractivity contribution >= 4 is 5.82 Å². The van der Waals surface area contributed by atoms with Crippen molar-refractivity contribution in [2.24, 2.45) is 0 Å². The quantitative estimate of drug-likeness (QED) is 0.753. The smallest absolute Gasteiger partial charge is 0.390 e. The molecule has 1 aromatic heterocycles. The van der Waals surface area contributed by atoms with E-state index in [-0.39, 0.29) is 5.82 Å². The molecule has 0 spiro atoms. The van der Waals surface area contributed by atoms with Crippen LogP contribution >= 0.6 is 0 Å². The molecular formula is C15H27F3N4O2. The Morgan fingerprint density at radius 2 is 1.88 bits per heavy atom. The molecule has 140 valence electrons. The Hall–Kier alpha value is -1.45. The molecule has 0 aromatic carbocycles. The summed E-state index contributed by atoms with van der Waals surface area (Å²) in [5.41, 5.74) is 3.91. The predicted octanol–water partition coefficient (Wildman–Crippen LogP) is 1.93. The normalized spacial score (nSPS) is 21.2. The van der Waals surface area contributed by atoms with E-state index in [0.717, 1.165) is 25.7 Å². The van der Waals surface area contributed by atoms with Gasteiger partial charge in [0.1, 0.15) is 5.82 Å². The number of hydrogen-bond donors (Lipinski definition) is 3. The Labute approximate surface area is 140 Å². The number of nitrogens with zero attached hydrogens (tertiary/aromatic N) is 3. The van der Waals surface area contributed by atoms with E-state index in [9.17, 15) is 23.4 Å². The largest absolute Gasteiger partial charge is 0.434 e. The van der Waals surface area contributed by atoms with Crippen LogP contribution in [-0.2, 0) is 6.18 Å². The lowest BCUT2D eigenvalue weighted by atomic mass is 10.1. The lowest BCUT2D eigenvalue weighted by molar-refractivity contribution is -0.141. The number of nitrogens with two attached hydrogens (primary N) is 1. The van der Waals surface area contributed by atoms with Gasteiger partial charge in [-0.25, -0.2) is 4.98 Å². The van der Waals surface area contributed by atoms with E-state index >= 15 is 0 Å². The number of halogens is 3. The van der Waals surface area contributed by atoms with Crippen molar-refractivity contribution in [3.05, 3.63) is 18.1 Å². The minimum atomic E-state index is -4.47. The monoisotopic (exact) mass is 352 g/mol. The second-order valence-electron chi connectivity index (χ2n) is 5.05. The lowest BCUT2D eigenvalue weighted by Crippen LogP contribution is -2.46. The number of aliphatic hydroxyl groups excluding tert-OH is 2. The number of aliphatic hydroxyl groups is 2. The van der Waals surface area contributed by atoms with Gasteiger partial charge in [-0.1, -0.05) is 20.8 Å². The first-order chi connectivity index (χ1) is 11.2. The summed E-state index contributed by atoms with van der Waals surface area (Å²) in [7, 11) is 0. The van der Waals surface area contributed by atoms with Crippen LogP contribution < -0.4 is 5.73 Å². The molecular weight excluding hydrogens is 325 g/mol.